The Morgan fingerprint density at radius 3 is 2.00 bits per heavy atom. The molecule has 1 aromatic heterocycles. The molecule has 56 valence electrons. The standard InChI is InChI=1S/C7H12N2S/c1-5-6(2)8(3)9(4)7(5)10/h1-4H3/p+1. The van der Waals surface area contributed by atoms with Crippen LogP contribution in [-0.2, 0) is 14.1 Å². The number of nitrogens with zero attached hydrogens (tertiary/aromatic N) is 2. The molecule has 0 atom stereocenters. The molecule has 0 aliphatic heterocycles. The number of aromatic nitrogens is 2. The number of thiol groups is 1. The molecule has 0 radical (unpaired) electrons. The maximum Gasteiger partial charge on any atom is 0.265 e. The van der Waals surface area contributed by atoms with Crippen molar-refractivity contribution in [2.75, 3.05) is 0 Å². The van der Waals surface area contributed by atoms with E-state index in [4.69, 9.17) is 0 Å². The molecule has 0 aliphatic carbocycles. The van der Waals surface area contributed by atoms with Gasteiger partial charge in [0.15, 0.2) is 7.05 Å². The fourth-order valence-corrected chi connectivity index (χ4v) is 1.31. The van der Waals surface area contributed by atoms with Crippen LogP contribution in [0.5, 0.6) is 0 Å². The minimum Gasteiger partial charge on any atom is -0.160 e. The Morgan fingerprint density at radius 1 is 1.40 bits per heavy atom. The van der Waals surface area contributed by atoms with Gasteiger partial charge in [0, 0.05) is 0 Å². The Morgan fingerprint density at radius 2 is 1.90 bits per heavy atom. The molecule has 1 aromatic rings. The summed E-state index contributed by atoms with van der Waals surface area (Å²) in [5.74, 6) is 0. The minimum atomic E-state index is 1.04. The van der Waals surface area contributed by atoms with Crippen LogP contribution in [0.4, 0.5) is 0 Å². The Bertz CT molecular complexity index is 183. The van der Waals surface area contributed by atoms with E-state index in [1.54, 1.807) is 0 Å². The van der Waals surface area contributed by atoms with Gasteiger partial charge in [0.05, 0.1) is 18.3 Å². The normalized spacial score (nSPS) is 10.5. The Labute approximate surface area is 66.9 Å². The summed E-state index contributed by atoms with van der Waals surface area (Å²) in [5, 5.41) is 1.04. The van der Waals surface area contributed by atoms with Crippen LogP contribution in [0.3, 0.4) is 0 Å². The lowest BCUT2D eigenvalue weighted by molar-refractivity contribution is -0.784. The number of hydrogen-bond donors (Lipinski definition) is 1. The summed E-state index contributed by atoms with van der Waals surface area (Å²) in [7, 11) is 4.03. The lowest BCUT2D eigenvalue weighted by atomic mass is 10.3. The maximum atomic E-state index is 4.34. The van der Waals surface area contributed by atoms with Crippen LogP contribution < -0.4 is 4.68 Å². The molecular weight excluding hydrogens is 144 g/mol. The van der Waals surface area contributed by atoms with Gasteiger partial charge in [-0.3, -0.25) is 0 Å². The van der Waals surface area contributed by atoms with Crippen molar-refractivity contribution in [3.8, 4) is 0 Å². The second kappa shape index (κ2) is 2.31. The largest absolute Gasteiger partial charge is 0.265 e. The molecule has 0 aliphatic rings. The zero-order valence-corrected chi connectivity index (χ0v) is 7.74. The van der Waals surface area contributed by atoms with Gasteiger partial charge >= 0.3 is 0 Å². The molecule has 0 saturated heterocycles. The monoisotopic (exact) mass is 157 g/mol. The van der Waals surface area contributed by atoms with E-state index in [9.17, 15) is 0 Å². The van der Waals surface area contributed by atoms with Crippen molar-refractivity contribution in [1.29, 1.82) is 0 Å². The maximum absolute atomic E-state index is 4.34. The molecular formula is C7H13N2S+. The molecule has 3 heteroatoms. The van der Waals surface area contributed by atoms with Gasteiger partial charge in [-0.2, -0.15) is 4.68 Å². The van der Waals surface area contributed by atoms with E-state index in [-0.39, 0.29) is 0 Å². The van der Waals surface area contributed by atoms with Crippen molar-refractivity contribution in [1.82, 2.24) is 4.68 Å². The van der Waals surface area contributed by atoms with Gasteiger partial charge in [0.2, 0.25) is 0 Å². The third kappa shape index (κ3) is 0.850. The molecule has 10 heavy (non-hydrogen) atoms. The predicted molar refractivity (Wildman–Crippen MR) is 43.3 cm³/mol. The number of rotatable bonds is 0. The fourth-order valence-electron chi connectivity index (χ4n) is 1.01. The first-order valence-electron chi connectivity index (χ1n) is 3.27. The molecule has 0 aromatic carbocycles. The SMILES string of the molecule is Cc1c(C)n(C)[n+](C)c1S. The molecule has 1 heterocycles. The minimum absolute atomic E-state index is 1.04. The molecule has 0 N–H and O–H groups in total. The predicted octanol–water partition coefficient (Wildman–Crippen LogP) is 0.755. The fraction of sp³-hybridized carbons (Fsp3) is 0.571. The topological polar surface area (TPSA) is 8.81 Å². The van der Waals surface area contributed by atoms with E-state index in [0.717, 1.165) is 5.03 Å². The van der Waals surface area contributed by atoms with E-state index in [1.807, 2.05) is 18.8 Å². The van der Waals surface area contributed by atoms with E-state index in [2.05, 4.69) is 31.2 Å². The van der Waals surface area contributed by atoms with Crippen LogP contribution in [-0.4, -0.2) is 4.68 Å². The van der Waals surface area contributed by atoms with Crippen LogP contribution in [0.25, 0.3) is 0 Å². The molecule has 0 saturated carbocycles. The molecule has 0 amide bonds. The summed E-state index contributed by atoms with van der Waals surface area (Å²) in [6, 6.07) is 0. The number of hydrogen-bond acceptors (Lipinski definition) is 1. The second-order valence-corrected chi connectivity index (χ2v) is 3.00. The summed E-state index contributed by atoms with van der Waals surface area (Å²) in [4.78, 5) is 0. The highest BCUT2D eigenvalue weighted by molar-refractivity contribution is 7.80. The second-order valence-electron chi connectivity index (χ2n) is 2.58. The average Bonchev–Trinajstić information content (AvgIpc) is 2.07. The van der Waals surface area contributed by atoms with Crippen molar-refractivity contribution in [3.05, 3.63) is 11.3 Å². The Balaban J connectivity index is 3.44. The molecule has 0 unspecified atom stereocenters. The Hall–Kier alpha value is -0.440. The smallest absolute Gasteiger partial charge is 0.160 e. The molecule has 2 nitrogen and oxygen atoms in total. The average molecular weight is 157 g/mol. The third-order valence-electron chi connectivity index (χ3n) is 2.12. The van der Waals surface area contributed by atoms with Crippen molar-refractivity contribution in [2.45, 2.75) is 18.9 Å². The van der Waals surface area contributed by atoms with E-state index in [1.165, 1.54) is 11.3 Å². The first kappa shape index (κ1) is 7.66. The van der Waals surface area contributed by atoms with E-state index < -0.39 is 0 Å². The molecule has 0 fully saturated rings. The summed E-state index contributed by atoms with van der Waals surface area (Å²) in [5.41, 5.74) is 2.53. The van der Waals surface area contributed by atoms with Crippen molar-refractivity contribution < 1.29 is 4.68 Å². The lowest BCUT2D eigenvalue weighted by Crippen LogP contribution is -2.38. The summed E-state index contributed by atoms with van der Waals surface area (Å²) >= 11 is 4.34. The highest BCUT2D eigenvalue weighted by Gasteiger charge is 2.15. The van der Waals surface area contributed by atoms with Crippen LogP contribution in [0.15, 0.2) is 5.03 Å². The van der Waals surface area contributed by atoms with Crippen molar-refractivity contribution in [2.24, 2.45) is 14.1 Å². The third-order valence-corrected chi connectivity index (χ3v) is 2.74. The van der Waals surface area contributed by atoms with Gasteiger partial charge in [-0.15, -0.1) is 4.68 Å². The first-order valence-corrected chi connectivity index (χ1v) is 3.71. The first-order chi connectivity index (χ1) is 4.55. The summed E-state index contributed by atoms with van der Waals surface area (Å²) in [6.07, 6.45) is 0. The van der Waals surface area contributed by atoms with E-state index >= 15 is 0 Å². The van der Waals surface area contributed by atoms with Gasteiger partial charge in [-0.05, 0) is 13.8 Å². The van der Waals surface area contributed by atoms with Gasteiger partial charge in [0.1, 0.15) is 0 Å². The quantitative estimate of drug-likeness (QED) is 0.420. The molecule has 1 rings (SSSR count). The van der Waals surface area contributed by atoms with Crippen LogP contribution in [0.2, 0.25) is 0 Å². The zero-order valence-electron chi connectivity index (χ0n) is 6.84. The van der Waals surface area contributed by atoms with Crippen LogP contribution >= 0.6 is 12.6 Å². The van der Waals surface area contributed by atoms with Crippen LogP contribution in [0.1, 0.15) is 11.3 Å². The summed E-state index contributed by atoms with van der Waals surface area (Å²) < 4.78 is 4.10. The highest BCUT2D eigenvalue weighted by Crippen LogP contribution is 2.11. The van der Waals surface area contributed by atoms with Gasteiger partial charge in [0.25, 0.3) is 5.03 Å². The Kier molecular flexibility index (Phi) is 1.77. The zero-order chi connectivity index (χ0) is 7.89. The lowest BCUT2D eigenvalue weighted by Gasteiger charge is -1.90. The highest BCUT2D eigenvalue weighted by atomic mass is 32.1. The van der Waals surface area contributed by atoms with Gasteiger partial charge in [-0.25, -0.2) is 0 Å². The van der Waals surface area contributed by atoms with E-state index in [0.29, 0.717) is 0 Å². The van der Waals surface area contributed by atoms with Crippen LogP contribution in [0, 0.1) is 13.8 Å². The van der Waals surface area contributed by atoms with Gasteiger partial charge < -0.3 is 0 Å². The van der Waals surface area contributed by atoms with Gasteiger partial charge in [-0.1, -0.05) is 12.6 Å². The van der Waals surface area contributed by atoms with Crippen molar-refractivity contribution >= 4 is 12.6 Å². The molecule has 0 bridgehead atoms. The molecule has 0 spiro atoms. The van der Waals surface area contributed by atoms with Crippen molar-refractivity contribution in [3.63, 3.8) is 0 Å². The summed E-state index contributed by atoms with van der Waals surface area (Å²) in [6.45, 7) is 4.17.